The molecular formula is C13H12ClFN4O2S. The summed E-state index contributed by atoms with van der Waals surface area (Å²) in [5.74, 6) is 0.0320. The van der Waals surface area contributed by atoms with Gasteiger partial charge in [0.1, 0.15) is 23.3 Å². The van der Waals surface area contributed by atoms with E-state index < -0.39 is 16.6 Å². The van der Waals surface area contributed by atoms with E-state index in [0.717, 1.165) is 19.4 Å². The van der Waals surface area contributed by atoms with Crippen molar-refractivity contribution >= 4 is 39.1 Å². The second-order valence-electron chi connectivity index (χ2n) is 5.33. The minimum absolute atomic E-state index is 0.0118. The SMILES string of the molecule is CS(=O)c1nc2c3c(nc(Cl)c(F)c3n1)OC[C@H]1CCCN21. The van der Waals surface area contributed by atoms with E-state index in [0.29, 0.717) is 17.8 Å². The second kappa shape index (κ2) is 4.99. The Kier molecular flexibility index (Phi) is 3.19. The largest absolute Gasteiger partial charge is 0.475 e. The lowest BCUT2D eigenvalue weighted by Crippen LogP contribution is -2.33. The molecule has 0 amide bonds. The molecule has 0 saturated carbocycles. The zero-order valence-corrected chi connectivity index (χ0v) is 13.2. The average molecular weight is 343 g/mol. The fourth-order valence-electron chi connectivity index (χ4n) is 2.98. The number of nitrogens with zero attached hydrogens (tertiary/aromatic N) is 4. The molecule has 0 radical (unpaired) electrons. The van der Waals surface area contributed by atoms with Crippen molar-refractivity contribution in [3.05, 3.63) is 11.0 Å². The molecule has 6 nitrogen and oxygen atoms in total. The van der Waals surface area contributed by atoms with E-state index in [4.69, 9.17) is 16.3 Å². The maximum atomic E-state index is 14.4. The Hall–Kier alpha value is -1.54. The van der Waals surface area contributed by atoms with Crippen molar-refractivity contribution in [1.29, 1.82) is 0 Å². The monoisotopic (exact) mass is 342 g/mol. The van der Waals surface area contributed by atoms with Crippen LogP contribution in [0.4, 0.5) is 10.2 Å². The highest BCUT2D eigenvalue weighted by Crippen LogP contribution is 2.40. The summed E-state index contributed by atoms with van der Waals surface area (Å²) in [5, 5.41) is 0.185. The quantitative estimate of drug-likeness (QED) is 0.582. The van der Waals surface area contributed by atoms with Crippen LogP contribution >= 0.6 is 11.6 Å². The van der Waals surface area contributed by atoms with Crippen LogP contribution in [0.1, 0.15) is 12.8 Å². The van der Waals surface area contributed by atoms with E-state index in [1.54, 1.807) is 0 Å². The van der Waals surface area contributed by atoms with Gasteiger partial charge in [-0.3, -0.25) is 4.21 Å². The molecule has 1 unspecified atom stereocenters. The first-order chi connectivity index (χ1) is 10.6. The Morgan fingerprint density at radius 3 is 3.00 bits per heavy atom. The summed E-state index contributed by atoms with van der Waals surface area (Å²) in [4.78, 5) is 14.5. The first-order valence-corrected chi connectivity index (χ1v) is 8.79. The van der Waals surface area contributed by atoms with Crippen LogP contribution in [0.3, 0.4) is 0 Å². The zero-order chi connectivity index (χ0) is 15.4. The van der Waals surface area contributed by atoms with Crippen LogP contribution < -0.4 is 9.64 Å². The van der Waals surface area contributed by atoms with Gasteiger partial charge in [-0.05, 0) is 12.8 Å². The summed E-state index contributed by atoms with van der Waals surface area (Å²) in [5.41, 5.74) is 0.0118. The van der Waals surface area contributed by atoms with E-state index >= 15 is 0 Å². The molecule has 1 fully saturated rings. The van der Waals surface area contributed by atoms with Gasteiger partial charge in [-0.15, -0.1) is 0 Å². The van der Waals surface area contributed by atoms with Gasteiger partial charge >= 0.3 is 0 Å². The molecule has 0 aromatic carbocycles. The topological polar surface area (TPSA) is 68.2 Å². The number of fused-ring (bicyclic) bond motifs is 2. The van der Waals surface area contributed by atoms with Crippen molar-refractivity contribution in [2.24, 2.45) is 0 Å². The number of aromatic nitrogens is 3. The molecule has 2 aromatic heterocycles. The number of hydrogen-bond donors (Lipinski definition) is 0. The molecule has 4 heterocycles. The van der Waals surface area contributed by atoms with Crippen LogP contribution in [0.15, 0.2) is 5.16 Å². The maximum Gasteiger partial charge on any atom is 0.228 e. The van der Waals surface area contributed by atoms with Crippen LogP contribution in [0.5, 0.6) is 5.88 Å². The smallest absolute Gasteiger partial charge is 0.228 e. The predicted octanol–water partition coefficient (Wildman–Crippen LogP) is 1.92. The lowest BCUT2D eigenvalue weighted by atomic mass is 10.2. The summed E-state index contributed by atoms with van der Waals surface area (Å²) in [6.07, 6.45) is 3.42. The number of pyridine rings is 1. The minimum Gasteiger partial charge on any atom is -0.475 e. The molecule has 116 valence electrons. The van der Waals surface area contributed by atoms with Gasteiger partial charge < -0.3 is 9.64 Å². The molecule has 0 N–H and O–H groups in total. The van der Waals surface area contributed by atoms with E-state index in [1.165, 1.54) is 6.26 Å². The molecule has 22 heavy (non-hydrogen) atoms. The molecular weight excluding hydrogens is 331 g/mol. The normalized spacial score (nSPS) is 21.4. The van der Waals surface area contributed by atoms with Gasteiger partial charge in [0.15, 0.2) is 11.0 Å². The summed E-state index contributed by atoms with van der Waals surface area (Å²) < 4.78 is 31.9. The van der Waals surface area contributed by atoms with Crippen LogP contribution in [0, 0.1) is 5.82 Å². The van der Waals surface area contributed by atoms with Gasteiger partial charge in [-0.25, -0.2) is 14.4 Å². The summed E-state index contributed by atoms with van der Waals surface area (Å²) in [7, 11) is -1.43. The Morgan fingerprint density at radius 1 is 1.41 bits per heavy atom. The van der Waals surface area contributed by atoms with Crippen molar-refractivity contribution < 1.29 is 13.3 Å². The van der Waals surface area contributed by atoms with Crippen molar-refractivity contribution in [3.63, 3.8) is 0 Å². The molecule has 2 aliphatic heterocycles. The standard InChI is InChI=1S/C13H12ClFN4O2S/c1-22(20)13-16-9-7-11(18-13)19-4-2-3-6(19)5-21-12(7)17-10(14)8(9)15/h6H,2-5H2,1H3/t6-,22?/m1/s1. The predicted molar refractivity (Wildman–Crippen MR) is 80.5 cm³/mol. The van der Waals surface area contributed by atoms with E-state index in [1.807, 2.05) is 0 Å². The molecule has 1 saturated heterocycles. The van der Waals surface area contributed by atoms with Gasteiger partial charge in [0.2, 0.25) is 11.0 Å². The van der Waals surface area contributed by atoms with Crippen molar-refractivity contribution in [2.75, 3.05) is 24.3 Å². The van der Waals surface area contributed by atoms with Crippen LogP contribution in [-0.2, 0) is 10.8 Å². The summed E-state index contributed by atoms with van der Waals surface area (Å²) in [6.45, 7) is 1.23. The third-order valence-corrected chi connectivity index (χ3v) is 4.94. The highest BCUT2D eigenvalue weighted by Gasteiger charge is 2.34. The average Bonchev–Trinajstić information content (AvgIpc) is 2.91. The summed E-state index contributed by atoms with van der Waals surface area (Å²) in [6, 6.07) is 0.146. The molecule has 2 aliphatic rings. The zero-order valence-electron chi connectivity index (χ0n) is 11.7. The fourth-order valence-corrected chi connectivity index (χ4v) is 3.58. The molecule has 0 aliphatic carbocycles. The highest BCUT2D eigenvalue weighted by atomic mass is 35.5. The molecule has 0 spiro atoms. The van der Waals surface area contributed by atoms with E-state index in [-0.39, 0.29) is 27.7 Å². The Bertz CT molecular complexity index is 818. The second-order valence-corrected chi connectivity index (χ2v) is 6.96. The Balaban J connectivity index is 2.11. The fraction of sp³-hybridized carbons (Fsp3) is 0.462. The molecule has 2 atom stereocenters. The lowest BCUT2D eigenvalue weighted by molar-refractivity contribution is 0.285. The van der Waals surface area contributed by atoms with Crippen molar-refractivity contribution in [1.82, 2.24) is 15.0 Å². The van der Waals surface area contributed by atoms with E-state index in [9.17, 15) is 8.60 Å². The van der Waals surface area contributed by atoms with Gasteiger partial charge in [-0.2, -0.15) is 4.98 Å². The third kappa shape index (κ3) is 1.97. The van der Waals surface area contributed by atoms with Crippen molar-refractivity contribution in [2.45, 2.75) is 24.0 Å². The van der Waals surface area contributed by atoms with Gasteiger partial charge in [0.25, 0.3) is 0 Å². The number of halogens is 2. The first-order valence-electron chi connectivity index (χ1n) is 6.86. The number of ether oxygens (including phenoxy) is 1. The Morgan fingerprint density at radius 2 is 2.23 bits per heavy atom. The Labute approximate surface area is 133 Å². The van der Waals surface area contributed by atoms with Crippen molar-refractivity contribution in [3.8, 4) is 5.88 Å². The molecule has 9 heteroatoms. The van der Waals surface area contributed by atoms with Crippen LogP contribution in [0.25, 0.3) is 10.9 Å². The highest BCUT2D eigenvalue weighted by molar-refractivity contribution is 7.84. The van der Waals surface area contributed by atoms with Crippen LogP contribution in [-0.4, -0.2) is 44.6 Å². The first kappa shape index (κ1) is 14.1. The van der Waals surface area contributed by atoms with Gasteiger partial charge in [0.05, 0.1) is 16.8 Å². The molecule has 4 rings (SSSR count). The van der Waals surface area contributed by atoms with Gasteiger partial charge in [0, 0.05) is 12.8 Å². The summed E-state index contributed by atoms with van der Waals surface area (Å²) >= 11 is 5.84. The number of hydrogen-bond acceptors (Lipinski definition) is 6. The maximum absolute atomic E-state index is 14.4. The van der Waals surface area contributed by atoms with Crippen LogP contribution in [0.2, 0.25) is 5.15 Å². The van der Waals surface area contributed by atoms with Gasteiger partial charge in [-0.1, -0.05) is 11.6 Å². The number of rotatable bonds is 1. The van der Waals surface area contributed by atoms with E-state index in [2.05, 4.69) is 19.9 Å². The number of anilines is 1. The minimum atomic E-state index is -1.43. The third-order valence-electron chi connectivity index (χ3n) is 3.99. The lowest BCUT2D eigenvalue weighted by Gasteiger charge is -2.23. The molecule has 0 bridgehead atoms. The molecule has 2 aromatic rings.